The number of nitrogens with zero attached hydrogens (tertiary/aromatic N) is 4. The fourth-order valence-electron chi connectivity index (χ4n) is 6.21. The predicted molar refractivity (Wildman–Crippen MR) is 173 cm³/mol. The number of aromatic hydroxyl groups is 1. The number of phenols is 1. The summed E-state index contributed by atoms with van der Waals surface area (Å²) in [5.74, 6) is 1.03. The molecule has 0 bridgehead atoms. The Bertz CT molecular complexity index is 1960. The van der Waals surface area contributed by atoms with Gasteiger partial charge in [0.2, 0.25) is 0 Å². The molecule has 42 heavy (non-hydrogen) atoms. The maximum atomic E-state index is 10.7. The van der Waals surface area contributed by atoms with E-state index in [4.69, 9.17) is 9.97 Å². The van der Waals surface area contributed by atoms with Gasteiger partial charge in [0.15, 0.2) is 0 Å². The van der Waals surface area contributed by atoms with Gasteiger partial charge in [0.05, 0.1) is 17.1 Å². The number of benzene rings is 4. The molecule has 0 fully saturated rings. The van der Waals surface area contributed by atoms with E-state index in [1.54, 1.807) is 6.07 Å². The second kappa shape index (κ2) is 9.74. The molecule has 1 aliphatic heterocycles. The molecular weight excluding hydrogens is 516 g/mol. The quantitative estimate of drug-likeness (QED) is 0.238. The molecule has 0 atom stereocenters. The highest BCUT2D eigenvalue weighted by Gasteiger charge is 2.37. The summed E-state index contributed by atoms with van der Waals surface area (Å²) >= 11 is 0. The number of para-hydroxylation sites is 1. The van der Waals surface area contributed by atoms with Crippen molar-refractivity contribution in [2.75, 3.05) is 23.9 Å². The van der Waals surface area contributed by atoms with Crippen LogP contribution in [0.4, 0.5) is 22.9 Å². The Morgan fingerprint density at radius 1 is 0.690 bits per heavy atom. The molecule has 2 aromatic heterocycles. The smallest absolute Gasteiger partial charge is 0.141 e. The van der Waals surface area contributed by atoms with Gasteiger partial charge in [0, 0.05) is 42.3 Å². The number of phenolic OH excluding ortho intramolecular Hbond substituents is 1. The molecule has 4 aromatic carbocycles. The number of hydrogen-bond donors (Lipinski definition) is 1. The van der Waals surface area contributed by atoms with Crippen molar-refractivity contribution in [2.24, 2.45) is 0 Å². The molecule has 7 rings (SSSR count). The molecule has 0 unspecified atom stereocenters. The minimum atomic E-state index is -0.215. The molecule has 5 heteroatoms. The van der Waals surface area contributed by atoms with Crippen LogP contribution in [0.25, 0.3) is 33.3 Å². The van der Waals surface area contributed by atoms with Crippen LogP contribution in [0.15, 0.2) is 115 Å². The van der Waals surface area contributed by atoms with Gasteiger partial charge in [-0.2, -0.15) is 0 Å². The lowest BCUT2D eigenvalue weighted by Crippen LogP contribution is -2.31. The zero-order chi connectivity index (χ0) is 29.0. The first kappa shape index (κ1) is 25.8. The first-order valence-corrected chi connectivity index (χ1v) is 14.2. The van der Waals surface area contributed by atoms with Gasteiger partial charge in [-0.15, -0.1) is 0 Å². The molecule has 0 spiro atoms. The van der Waals surface area contributed by atoms with E-state index >= 15 is 0 Å². The van der Waals surface area contributed by atoms with Gasteiger partial charge in [-0.25, -0.2) is 9.97 Å². The third-order valence-corrected chi connectivity index (χ3v) is 8.40. The summed E-state index contributed by atoms with van der Waals surface area (Å²) in [6.45, 7) is 4.56. The number of pyridine rings is 2. The molecule has 6 aromatic rings. The zero-order valence-electron chi connectivity index (χ0n) is 24.2. The van der Waals surface area contributed by atoms with Gasteiger partial charge in [-0.1, -0.05) is 74.5 Å². The molecule has 0 aliphatic carbocycles. The van der Waals surface area contributed by atoms with Crippen LogP contribution in [0.3, 0.4) is 0 Å². The van der Waals surface area contributed by atoms with E-state index in [1.165, 1.54) is 11.1 Å². The third-order valence-electron chi connectivity index (χ3n) is 8.40. The van der Waals surface area contributed by atoms with Crippen molar-refractivity contribution in [3.63, 3.8) is 0 Å². The summed E-state index contributed by atoms with van der Waals surface area (Å²) < 4.78 is 0. The van der Waals surface area contributed by atoms with Crippen molar-refractivity contribution in [3.05, 3.63) is 127 Å². The van der Waals surface area contributed by atoms with Gasteiger partial charge < -0.3 is 10.0 Å². The Balaban J connectivity index is 1.43. The number of aromatic nitrogens is 2. The molecule has 1 N–H and O–H groups in total. The van der Waals surface area contributed by atoms with Crippen LogP contribution in [-0.4, -0.2) is 29.2 Å². The lowest BCUT2D eigenvalue weighted by molar-refractivity contribution is 0.480. The van der Waals surface area contributed by atoms with Crippen LogP contribution in [0, 0.1) is 0 Å². The maximum absolute atomic E-state index is 10.7. The van der Waals surface area contributed by atoms with Crippen LogP contribution in [0.2, 0.25) is 0 Å². The number of rotatable bonds is 4. The van der Waals surface area contributed by atoms with E-state index in [0.717, 1.165) is 50.7 Å². The number of anilines is 4. The van der Waals surface area contributed by atoms with Crippen LogP contribution in [0.1, 0.15) is 25.0 Å². The van der Waals surface area contributed by atoms with Crippen molar-refractivity contribution in [2.45, 2.75) is 19.3 Å². The summed E-state index contributed by atoms with van der Waals surface area (Å²) in [6, 6.07) is 37.5. The Labute approximate surface area is 246 Å². The molecule has 0 amide bonds. The molecule has 0 saturated heterocycles. The van der Waals surface area contributed by atoms with E-state index in [1.807, 2.05) is 49.5 Å². The lowest BCUT2D eigenvalue weighted by atomic mass is 9.73. The summed E-state index contributed by atoms with van der Waals surface area (Å²) in [6.07, 6.45) is 1.89. The molecule has 206 valence electrons. The Kier molecular flexibility index (Phi) is 5.98. The number of fused-ring (bicyclic) bond motifs is 3. The van der Waals surface area contributed by atoms with E-state index in [0.29, 0.717) is 5.52 Å². The SMILES string of the molecule is CN(C)c1ccc(O)c2nc(-c3ccc4c(c3)N(c3cc(-c5ccccc5)ccn3)c3ccccc3C4(C)C)ccc12. The van der Waals surface area contributed by atoms with Crippen molar-refractivity contribution < 1.29 is 5.11 Å². The van der Waals surface area contributed by atoms with Crippen LogP contribution < -0.4 is 9.80 Å². The molecule has 0 saturated carbocycles. The first-order valence-electron chi connectivity index (χ1n) is 14.2. The van der Waals surface area contributed by atoms with E-state index in [-0.39, 0.29) is 11.2 Å². The van der Waals surface area contributed by atoms with Crippen LogP contribution in [0.5, 0.6) is 5.75 Å². The summed E-state index contributed by atoms with van der Waals surface area (Å²) in [4.78, 5) is 14.2. The minimum Gasteiger partial charge on any atom is -0.506 e. The summed E-state index contributed by atoms with van der Waals surface area (Å²) in [7, 11) is 4.00. The summed E-state index contributed by atoms with van der Waals surface area (Å²) in [5.41, 5.74) is 10.1. The van der Waals surface area contributed by atoms with Gasteiger partial charge in [0.25, 0.3) is 0 Å². The topological polar surface area (TPSA) is 52.5 Å². The fourth-order valence-corrected chi connectivity index (χ4v) is 6.21. The van der Waals surface area contributed by atoms with Gasteiger partial charge in [-0.05, 0) is 70.8 Å². The monoisotopic (exact) mass is 548 g/mol. The third kappa shape index (κ3) is 4.08. The standard InChI is InChI=1S/C37H32N4O/c1-37(2)28-12-8-9-13-32(28)41(35-23-25(20-21-38-35)24-10-6-5-7-11-24)33-22-26(14-16-29(33)37)30-17-15-27-31(40(3)4)18-19-34(42)36(27)39-30/h5-23,42H,1-4H3. The van der Waals surface area contributed by atoms with Gasteiger partial charge in [-0.3, -0.25) is 4.90 Å². The molecule has 0 radical (unpaired) electrons. The maximum Gasteiger partial charge on any atom is 0.141 e. The molecule has 5 nitrogen and oxygen atoms in total. The van der Waals surface area contributed by atoms with Crippen LogP contribution >= 0.6 is 0 Å². The predicted octanol–water partition coefficient (Wildman–Crippen LogP) is 8.84. The van der Waals surface area contributed by atoms with E-state index in [2.05, 4.69) is 97.6 Å². The van der Waals surface area contributed by atoms with Gasteiger partial charge >= 0.3 is 0 Å². The van der Waals surface area contributed by atoms with E-state index in [9.17, 15) is 5.11 Å². The van der Waals surface area contributed by atoms with E-state index < -0.39 is 0 Å². The molecular formula is C37H32N4O. The fraction of sp³-hybridized carbons (Fsp3) is 0.135. The second-order valence-electron chi connectivity index (χ2n) is 11.6. The lowest BCUT2D eigenvalue weighted by Gasteiger charge is -2.41. The van der Waals surface area contributed by atoms with Crippen molar-refractivity contribution in [1.82, 2.24) is 9.97 Å². The first-order chi connectivity index (χ1) is 20.3. The zero-order valence-corrected chi connectivity index (χ0v) is 24.2. The van der Waals surface area contributed by atoms with Crippen LogP contribution in [-0.2, 0) is 5.41 Å². The Morgan fingerprint density at radius 2 is 1.45 bits per heavy atom. The van der Waals surface area contributed by atoms with Crippen molar-refractivity contribution >= 4 is 33.8 Å². The molecule has 1 aliphatic rings. The largest absolute Gasteiger partial charge is 0.506 e. The summed E-state index contributed by atoms with van der Waals surface area (Å²) in [5, 5.41) is 11.6. The average molecular weight is 549 g/mol. The highest BCUT2D eigenvalue weighted by Crippen LogP contribution is 2.52. The number of hydrogen-bond acceptors (Lipinski definition) is 5. The normalized spacial score (nSPS) is 13.5. The highest BCUT2D eigenvalue weighted by atomic mass is 16.3. The second-order valence-corrected chi connectivity index (χ2v) is 11.6. The molecule has 3 heterocycles. The Hall–Kier alpha value is -5.16. The van der Waals surface area contributed by atoms with Crippen molar-refractivity contribution in [3.8, 4) is 28.1 Å². The Morgan fingerprint density at radius 3 is 2.26 bits per heavy atom. The minimum absolute atomic E-state index is 0.175. The van der Waals surface area contributed by atoms with Gasteiger partial charge in [0.1, 0.15) is 17.1 Å². The average Bonchev–Trinajstić information content (AvgIpc) is 3.01. The highest BCUT2D eigenvalue weighted by molar-refractivity contribution is 5.97. The van der Waals surface area contributed by atoms with Crippen molar-refractivity contribution in [1.29, 1.82) is 0 Å².